The molecule has 0 aliphatic rings. The molecule has 0 heterocycles. The highest BCUT2D eigenvalue weighted by atomic mass is 16.5. The van der Waals surface area contributed by atoms with E-state index in [0.717, 1.165) is 38.5 Å². The van der Waals surface area contributed by atoms with Gasteiger partial charge in [0, 0.05) is 12.8 Å². The summed E-state index contributed by atoms with van der Waals surface area (Å²) in [5.74, 6) is -0.0530. The molecule has 0 aromatic heterocycles. The number of aliphatic hydroxyl groups is 2. The van der Waals surface area contributed by atoms with E-state index < -0.39 is 12.1 Å². The SMILES string of the molecule is CCCCCCCCCCCCCCCCCCCCCC/C=C/C(O)C(CO)NC(=O)CCCCCCCCCCCCCCCCCCCCCCOC(=O)CCCCCCCCCCCCCCC. The number of rotatable bonds is 62. The Morgan fingerprint density at radius 2 is 0.639 bits per heavy atom. The van der Waals surface area contributed by atoms with Crippen molar-refractivity contribution < 1.29 is 24.5 Å². The minimum atomic E-state index is -0.846. The van der Waals surface area contributed by atoms with Crippen LogP contribution in [0.4, 0.5) is 0 Å². The van der Waals surface area contributed by atoms with E-state index >= 15 is 0 Å². The molecule has 2 atom stereocenters. The predicted octanol–water partition coefficient (Wildman–Crippen LogP) is 20.8. The fourth-order valence-electron chi connectivity index (χ4n) is 10.5. The van der Waals surface area contributed by atoms with Crippen molar-refractivity contribution in [1.29, 1.82) is 0 Å². The van der Waals surface area contributed by atoms with Crippen LogP contribution in [0.1, 0.15) is 373 Å². The van der Waals surface area contributed by atoms with Gasteiger partial charge in [-0.2, -0.15) is 0 Å². The molecule has 0 bridgehead atoms. The Hall–Kier alpha value is -1.40. The molecule has 2 unspecified atom stereocenters. The molecule has 0 saturated heterocycles. The van der Waals surface area contributed by atoms with Crippen LogP contribution >= 0.6 is 0 Å². The highest BCUT2D eigenvalue weighted by Crippen LogP contribution is 2.19. The number of aliphatic hydroxyl groups excluding tert-OH is 2. The van der Waals surface area contributed by atoms with Crippen molar-refractivity contribution in [2.45, 2.75) is 386 Å². The van der Waals surface area contributed by atoms with Gasteiger partial charge in [-0.1, -0.05) is 341 Å². The molecule has 0 rings (SSSR count). The first-order chi connectivity index (χ1) is 35.5. The lowest BCUT2D eigenvalue weighted by atomic mass is 10.0. The third kappa shape index (κ3) is 57.9. The molecule has 72 heavy (non-hydrogen) atoms. The van der Waals surface area contributed by atoms with Crippen LogP contribution in [0.15, 0.2) is 12.2 Å². The summed E-state index contributed by atoms with van der Waals surface area (Å²) < 4.78 is 5.48. The van der Waals surface area contributed by atoms with Gasteiger partial charge >= 0.3 is 5.97 Å². The molecule has 0 spiro atoms. The van der Waals surface area contributed by atoms with Crippen molar-refractivity contribution >= 4 is 11.9 Å². The maximum absolute atomic E-state index is 12.5. The topological polar surface area (TPSA) is 95.9 Å². The van der Waals surface area contributed by atoms with Crippen LogP contribution in [-0.2, 0) is 14.3 Å². The van der Waals surface area contributed by atoms with E-state index in [1.807, 2.05) is 6.08 Å². The van der Waals surface area contributed by atoms with Crippen LogP contribution in [0.2, 0.25) is 0 Å². The molecule has 6 heteroatoms. The number of hydrogen-bond acceptors (Lipinski definition) is 5. The standard InChI is InChI=1S/C66H129NO5/c1-3-5-7-9-11-13-15-17-18-19-20-21-22-25-28-31-35-38-42-46-50-54-58-64(69)63(62-68)67-65(70)59-55-51-47-43-39-36-32-29-26-23-24-27-30-33-37-41-45-49-53-57-61-72-66(71)60-56-52-48-44-40-34-16-14-12-10-8-6-4-2/h54,58,63-64,68-69H,3-53,55-57,59-62H2,1-2H3,(H,67,70)/b58-54+. The summed E-state index contributed by atoms with van der Waals surface area (Å²) in [4.78, 5) is 24.6. The second-order valence-electron chi connectivity index (χ2n) is 22.8. The molecule has 0 aliphatic carbocycles. The zero-order valence-electron chi connectivity index (χ0n) is 48.9. The van der Waals surface area contributed by atoms with Crippen molar-refractivity contribution in [2.75, 3.05) is 13.2 Å². The first-order valence-corrected chi connectivity index (χ1v) is 33.0. The number of nitrogens with one attached hydrogen (secondary N) is 1. The molecular weight excluding hydrogens is 887 g/mol. The van der Waals surface area contributed by atoms with Crippen LogP contribution in [0.25, 0.3) is 0 Å². The number of allylic oxidation sites excluding steroid dienone is 1. The molecule has 0 radical (unpaired) electrons. The van der Waals surface area contributed by atoms with Crippen LogP contribution < -0.4 is 5.32 Å². The molecule has 3 N–H and O–H groups in total. The average Bonchev–Trinajstić information content (AvgIpc) is 3.38. The minimum Gasteiger partial charge on any atom is -0.466 e. The van der Waals surface area contributed by atoms with Crippen molar-refractivity contribution in [2.24, 2.45) is 0 Å². The summed E-state index contributed by atoms with van der Waals surface area (Å²) in [5, 5.41) is 23.2. The normalized spacial score (nSPS) is 12.6. The number of unbranched alkanes of at least 4 members (excludes halogenated alkanes) is 51. The van der Waals surface area contributed by atoms with E-state index in [1.165, 1.54) is 308 Å². The molecule has 0 saturated carbocycles. The van der Waals surface area contributed by atoms with E-state index in [2.05, 4.69) is 19.2 Å². The Balaban J connectivity index is 3.42. The Labute approximate surface area is 450 Å². The summed E-state index contributed by atoms with van der Waals surface area (Å²) in [6, 6.07) is -0.629. The van der Waals surface area contributed by atoms with E-state index in [0.29, 0.717) is 19.4 Å². The van der Waals surface area contributed by atoms with Crippen molar-refractivity contribution in [3.8, 4) is 0 Å². The number of amides is 1. The van der Waals surface area contributed by atoms with Gasteiger partial charge in [-0.25, -0.2) is 0 Å². The molecule has 428 valence electrons. The smallest absolute Gasteiger partial charge is 0.305 e. The maximum atomic E-state index is 12.5. The Morgan fingerprint density at radius 3 is 0.944 bits per heavy atom. The number of hydrogen-bond donors (Lipinski definition) is 3. The lowest BCUT2D eigenvalue weighted by Crippen LogP contribution is -2.45. The van der Waals surface area contributed by atoms with Gasteiger partial charge in [0.1, 0.15) is 0 Å². The molecule has 0 fully saturated rings. The van der Waals surface area contributed by atoms with E-state index in [9.17, 15) is 19.8 Å². The minimum absolute atomic E-state index is 0.0125. The third-order valence-corrected chi connectivity index (χ3v) is 15.6. The van der Waals surface area contributed by atoms with Gasteiger partial charge in [-0.3, -0.25) is 9.59 Å². The molecule has 6 nitrogen and oxygen atoms in total. The van der Waals surface area contributed by atoms with Gasteiger partial charge in [0.05, 0.1) is 25.4 Å². The summed E-state index contributed by atoms with van der Waals surface area (Å²) in [6.45, 7) is 4.94. The molecule has 1 amide bonds. The lowest BCUT2D eigenvalue weighted by molar-refractivity contribution is -0.143. The van der Waals surface area contributed by atoms with Crippen LogP contribution in [0.5, 0.6) is 0 Å². The van der Waals surface area contributed by atoms with Crippen molar-refractivity contribution in [3.63, 3.8) is 0 Å². The number of carbonyl (C=O) groups excluding carboxylic acids is 2. The van der Waals surface area contributed by atoms with Gasteiger partial charge in [-0.15, -0.1) is 0 Å². The fourth-order valence-corrected chi connectivity index (χ4v) is 10.5. The van der Waals surface area contributed by atoms with Crippen LogP contribution in [0, 0.1) is 0 Å². The second-order valence-corrected chi connectivity index (χ2v) is 22.8. The molecule has 0 aliphatic heterocycles. The van der Waals surface area contributed by atoms with Crippen molar-refractivity contribution in [3.05, 3.63) is 12.2 Å². The quantitative estimate of drug-likeness (QED) is 0.0320. The Morgan fingerprint density at radius 1 is 0.375 bits per heavy atom. The zero-order chi connectivity index (χ0) is 52.2. The summed E-state index contributed by atoms with van der Waals surface area (Å²) in [5.41, 5.74) is 0. The number of esters is 1. The highest BCUT2D eigenvalue weighted by Gasteiger charge is 2.18. The van der Waals surface area contributed by atoms with Gasteiger partial charge in [0.2, 0.25) is 5.91 Å². The largest absolute Gasteiger partial charge is 0.466 e. The maximum Gasteiger partial charge on any atom is 0.305 e. The zero-order valence-corrected chi connectivity index (χ0v) is 48.9. The van der Waals surface area contributed by atoms with Crippen molar-refractivity contribution in [1.82, 2.24) is 5.32 Å². The van der Waals surface area contributed by atoms with Gasteiger partial charge < -0.3 is 20.3 Å². The molecule has 0 aromatic carbocycles. The van der Waals surface area contributed by atoms with Crippen LogP contribution in [0.3, 0.4) is 0 Å². The van der Waals surface area contributed by atoms with Gasteiger partial charge in [0.25, 0.3) is 0 Å². The number of ether oxygens (including phenoxy) is 1. The fraction of sp³-hybridized carbons (Fsp3) is 0.939. The Bertz CT molecular complexity index is 1080. The third-order valence-electron chi connectivity index (χ3n) is 15.6. The lowest BCUT2D eigenvalue weighted by Gasteiger charge is -2.20. The van der Waals surface area contributed by atoms with E-state index in [4.69, 9.17) is 4.74 Å². The molecular formula is C66H129NO5. The summed E-state index contributed by atoms with van der Waals surface area (Å²) in [6.07, 6.45) is 75.5. The Kier molecular flexibility index (Phi) is 60.9. The van der Waals surface area contributed by atoms with E-state index in [-0.39, 0.29) is 18.5 Å². The summed E-state index contributed by atoms with van der Waals surface area (Å²) >= 11 is 0. The first-order valence-electron chi connectivity index (χ1n) is 33.0. The van der Waals surface area contributed by atoms with E-state index in [1.54, 1.807) is 6.08 Å². The second kappa shape index (κ2) is 62.1. The van der Waals surface area contributed by atoms with Gasteiger partial charge in [-0.05, 0) is 32.1 Å². The van der Waals surface area contributed by atoms with Gasteiger partial charge in [0.15, 0.2) is 0 Å². The monoisotopic (exact) mass is 1020 g/mol. The highest BCUT2D eigenvalue weighted by molar-refractivity contribution is 5.76. The van der Waals surface area contributed by atoms with Crippen LogP contribution in [-0.4, -0.2) is 47.4 Å². The molecule has 0 aromatic rings. The first kappa shape index (κ1) is 70.6. The predicted molar refractivity (Wildman–Crippen MR) is 315 cm³/mol. The average molecular weight is 1020 g/mol. The summed E-state index contributed by atoms with van der Waals surface area (Å²) in [7, 11) is 0. The number of carbonyl (C=O) groups is 2.